The maximum absolute atomic E-state index is 11.3. The van der Waals surface area contributed by atoms with Gasteiger partial charge in [-0.25, -0.2) is 4.79 Å². The van der Waals surface area contributed by atoms with E-state index >= 15 is 0 Å². The van der Waals surface area contributed by atoms with Gasteiger partial charge in [0.05, 0.1) is 0 Å². The van der Waals surface area contributed by atoms with Gasteiger partial charge in [0.2, 0.25) is 5.91 Å². The molecular weight excluding hydrogens is 182 g/mol. The largest absolute Gasteiger partial charge is 0.369 e. The summed E-state index contributed by atoms with van der Waals surface area (Å²) in [6.45, 7) is 1.48. The Labute approximate surface area is 82.6 Å². The van der Waals surface area contributed by atoms with Gasteiger partial charge in [-0.2, -0.15) is 0 Å². The highest BCUT2D eigenvalue weighted by atomic mass is 16.2. The van der Waals surface area contributed by atoms with Gasteiger partial charge in [-0.1, -0.05) is 0 Å². The third-order valence-electron chi connectivity index (χ3n) is 3.14. The Hall–Kier alpha value is -1.26. The van der Waals surface area contributed by atoms with Gasteiger partial charge in [0.15, 0.2) is 0 Å². The molecule has 1 saturated heterocycles. The van der Waals surface area contributed by atoms with Gasteiger partial charge in [0, 0.05) is 25.0 Å². The van der Waals surface area contributed by atoms with Crippen LogP contribution in [0.5, 0.6) is 0 Å². The second kappa shape index (κ2) is 3.48. The summed E-state index contributed by atoms with van der Waals surface area (Å²) in [4.78, 5) is 24.1. The number of carbonyl (C=O) groups excluding carboxylic acids is 2. The van der Waals surface area contributed by atoms with Gasteiger partial charge in [0.25, 0.3) is 0 Å². The summed E-state index contributed by atoms with van der Waals surface area (Å²) in [5.41, 5.74) is 5.24. The quantitative estimate of drug-likeness (QED) is 0.635. The molecule has 0 spiro atoms. The zero-order chi connectivity index (χ0) is 10.1. The summed E-state index contributed by atoms with van der Waals surface area (Å²) in [5, 5.41) is 2.76. The minimum atomic E-state index is -0.230. The van der Waals surface area contributed by atoms with E-state index in [1.54, 1.807) is 0 Å². The molecule has 0 radical (unpaired) electrons. The smallest absolute Gasteiger partial charge is 0.317 e. The number of nitrogens with zero attached hydrogens (tertiary/aromatic N) is 1. The monoisotopic (exact) mass is 197 g/mol. The van der Waals surface area contributed by atoms with Crippen molar-refractivity contribution in [2.75, 3.05) is 13.1 Å². The molecule has 14 heavy (non-hydrogen) atoms. The lowest BCUT2D eigenvalue weighted by atomic mass is 10.1. The average Bonchev–Trinajstić information content (AvgIpc) is 2.71. The maximum Gasteiger partial charge on any atom is 0.317 e. The normalized spacial score (nSPS) is 32.0. The van der Waals surface area contributed by atoms with Crippen LogP contribution < -0.4 is 11.1 Å². The Morgan fingerprint density at radius 3 is 2.79 bits per heavy atom. The predicted molar refractivity (Wildman–Crippen MR) is 50.4 cm³/mol. The standard InChI is InChI=1S/C9H15N3O2/c10-8(13)6-1-2-7(5-6)12-4-3-11-9(12)14/h6-7H,1-5H2,(H2,10,13)(H,11,14). The Kier molecular flexibility index (Phi) is 2.31. The van der Waals surface area contributed by atoms with Crippen molar-refractivity contribution in [1.29, 1.82) is 0 Å². The van der Waals surface area contributed by atoms with Crippen LogP contribution in [0, 0.1) is 5.92 Å². The van der Waals surface area contributed by atoms with Crippen LogP contribution in [0.25, 0.3) is 0 Å². The van der Waals surface area contributed by atoms with E-state index in [1.165, 1.54) is 0 Å². The molecule has 1 saturated carbocycles. The minimum absolute atomic E-state index is 0.000111. The van der Waals surface area contributed by atoms with Gasteiger partial charge in [-0.15, -0.1) is 0 Å². The molecule has 2 atom stereocenters. The van der Waals surface area contributed by atoms with E-state index in [1.807, 2.05) is 4.90 Å². The Morgan fingerprint density at radius 1 is 1.50 bits per heavy atom. The highest BCUT2D eigenvalue weighted by Gasteiger charge is 2.35. The number of urea groups is 1. The molecular formula is C9H15N3O2. The van der Waals surface area contributed by atoms with Crippen molar-refractivity contribution in [1.82, 2.24) is 10.2 Å². The van der Waals surface area contributed by atoms with Crippen molar-refractivity contribution in [3.05, 3.63) is 0 Å². The van der Waals surface area contributed by atoms with Crippen LogP contribution in [-0.4, -0.2) is 36.0 Å². The second-order valence-corrected chi connectivity index (χ2v) is 3.99. The summed E-state index contributed by atoms with van der Waals surface area (Å²) < 4.78 is 0. The third-order valence-corrected chi connectivity index (χ3v) is 3.14. The number of rotatable bonds is 2. The molecule has 1 heterocycles. The lowest BCUT2D eigenvalue weighted by Gasteiger charge is -2.22. The summed E-state index contributed by atoms with van der Waals surface area (Å²) in [6, 6.07) is 0.218. The van der Waals surface area contributed by atoms with Crippen LogP contribution >= 0.6 is 0 Å². The third kappa shape index (κ3) is 1.54. The molecule has 0 bridgehead atoms. The van der Waals surface area contributed by atoms with Crippen molar-refractivity contribution in [2.45, 2.75) is 25.3 Å². The minimum Gasteiger partial charge on any atom is -0.369 e. The zero-order valence-corrected chi connectivity index (χ0v) is 8.03. The van der Waals surface area contributed by atoms with Crippen LogP contribution in [0.2, 0.25) is 0 Å². The number of nitrogens with one attached hydrogen (secondary N) is 1. The molecule has 3 N–H and O–H groups in total. The van der Waals surface area contributed by atoms with Crippen LogP contribution in [-0.2, 0) is 4.79 Å². The molecule has 0 aromatic heterocycles. The molecule has 2 fully saturated rings. The molecule has 3 amide bonds. The van der Waals surface area contributed by atoms with E-state index in [9.17, 15) is 9.59 Å². The van der Waals surface area contributed by atoms with Gasteiger partial charge < -0.3 is 16.0 Å². The zero-order valence-electron chi connectivity index (χ0n) is 8.03. The lowest BCUT2D eigenvalue weighted by Crippen LogP contribution is -2.37. The van der Waals surface area contributed by atoms with Gasteiger partial charge in [-0.3, -0.25) is 4.79 Å². The molecule has 78 valence electrons. The average molecular weight is 197 g/mol. The van der Waals surface area contributed by atoms with Crippen LogP contribution in [0.4, 0.5) is 4.79 Å². The molecule has 1 aliphatic heterocycles. The maximum atomic E-state index is 11.3. The molecule has 0 aromatic carbocycles. The molecule has 5 heteroatoms. The first-order valence-electron chi connectivity index (χ1n) is 5.02. The fourth-order valence-electron chi connectivity index (χ4n) is 2.33. The molecule has 1 aliphatic carbocycles. The molecule has 2 unspecified atom stereocenters. The van der Waals surface area contributed by atoms with E-state index in [4.69, 9.17) is 5.73 Å². The first-order valence-corrected chi connectivity index (χ1v) is 5.02. The molecule has 2 rings (SSSR count). The Morgan fingerprint density at radius 2 is 2.29 bits per heavy atom. The molecule has 2 aliphatic rings. The van der Waals surface area contributed by atoms with Crippen molar-refractivity contribution in [2.24, 2.45) is 11.7 Å². The van der Waals surface area contributed by atoms with Gasteiger partial charge >= 0.3 is 6.03 Å². The van der Waals surface area contributed by atoms with E-state index in [0.29, 0.717) is 0 Å². The van der Waals surface area contributed by atoms with Crippen molar-refractivity contribution in [3.8, 4) is 0 Å². The number of primary amides is 1. The van der Waals surface area contributed by atoms with Gasteiger partial charge in [-0.05, 0) is 19.3 Å². The van der Waals surface area contributed by atoms with Crippen molar-refractivity contribution >= 4 is 11.9 Å². The van der Waals surface area contributed by atoms with Crippen molar-refractivity contribution < 1.29 is 9.59 Å². The van der Waals surface area contributed by atoms with Crippen LogP contribution in [0.3, 0.4) is 0 Å². The number of hydrogen-bond donors (Lipinski definition) is 2. The number of amides is 3. The molecule has 0 aromatic rings. The van der Waals surface area contributed by atoms with Gasteiger partial charge in [0.1, 0.15) is 0 Å². The fourth-order valence-corrected chi connectivity index (χ4v) is 2.33. The van der Waals surface area contributed by atoms with Crippen LogP contribution in [0.15, 0.2) is 0 Å². The SMILES string of the molecule is NC(=O)C1CCC(N2CCNC2=O)C1. The molecule has 5 nitrogen and oxygen atoms in total. The van der Waals surface area contributed by atoms with Crippen molar-refractivity contribution in [3.63, 3.8) is 0 Å². The summed E-state index contributed by atoms with van der Waals surface area (Å²) in [7, 11) is 0. The number of nitrogens with two attached hydrogens (primary N) is 1. The first-order chi connectivity index (χ1) is 6.68. The topological polar surface area (TPSA) is 75.4 Å². The highest BCUT2D eigenvalue weighted by Crippen LogP contribution is 2.29. The van der Waals surface area contributed by atoms with E-state index in [2.05, 4.69) is 5.32 Å². The number of carbonyl (C=O) groups is 2. The number of hydrogen-bond acceptors (Lipinski definition) is 2. The van der Waals surface area contributed by atoms with E-state index in [0.717, 1.165) is 32.4 Å². The second-order valence-electron chi connectivity index (χ2n) is 3.99. The summed E-state index contributed by atoms with van der Waals surface area (Å²) in [6.07, 6.45) is 2.47. The Bertz CT molecular complexity index is 267. The lowest BCUT2D eigenvalue weighted by molar-refractivity contribution is -0.121. The van der Waals surface area contributed by atoms with E-state index < -0.39 is 0 Å². The predicted octanol–water partition coefficient (Wildman–Crippen LogP) is -0.334. The Balaban J connectivity index is 1.95. The van der Waals surface area contributed by atoms with Crippen LogP contribution in [0.1, 0.15) is 19.3 Å². The highest BCUT2D eigenvalue weighted by molar-refractivity contribution is 5.78. The first kappa shape index (κ1) is 9.30. The van der Waals surface area contributed by atoms with E-state index in [-0.39, 0.29) is 23.9 Å². The summed E-state index contributed by atoms with van der Waals surface area (Å²) >= 11 is 0. The fraction of sp³-hybridized carbons (Fsp3) is 0.778. The summed E-state index contributed by atoms with van der Waals surface area (Å²) in [5.74, 6) is -0.263.